The first-order valence-electron chi connectivity index (χ1n) is 6.41. The summed E-state index contributed by atoms with van der Waals surface area (Å²) in [5.74, 6) is -0.0138. The highest BCUT2D eigenvalue weighted by molar-refractivity contribution is 5.95. The van der Waals surface area contributed by atoms with Crippen molar-refractivity contribution < 1.29 is 9.53 Å². The highest BCUT2D eigenvalue weighted by Crippen LogP contribution is 2.20. The van der Waals surface area contributed by atoms with Gasteiger partial charge in [-0.3, -0.25) is 9.78 Å². The lowest BCUT2D eigenvalue weighted by Gasteiger charge is -2.28. The molecule has 18 heavy (non-hydrogen) atoms. The second kappa shape index (κ2) is 4.94. The molecule has 0 unspecified atom stereocenters. The normalized spacial score (nSPS) is 19.7. The number of pyridine rings is 1. The fraction of sp³-hybridized carbons (Fsp3) is 0.538. The van der Waals surface area contributed by atoms with Gasteiger partial charge in [-0.2, -0.15) is 0 Å². The first-order chi connectivity index (χ1) is 8.83. The summed E-state index contributed by atoms with van der Waals surface area (Å²) < 4.78 is 5.32. The molecule has 1 saturated carbocycles. The van der Waals surface area contributed by atoms with Crippen LogP contribution in [0.25, 0.3) is 0 Å². The van der Waals surface area contributed by atoms with Gasteiger partial charge in [0.05, 0.1) is 30.7 Å². The molecular formula is C13H17N3O2. The van der Waals surface area contributed by atoms with Crippen molar-refractivity contribution >= 4 is 11.6 Å². The molecule has 96 valence electrons. The van der Waals surface area contributed by atoms with Crippen LogP contribution in [0.3, 0.4) is 0 Å². The molecular weight excluding hydrogens is 230 g/mol. The van der Waals surface area contributed by atoms with E-state index >= 15 is 0 Å². The maximum atomic E-state index is 11.9. The molecule has 2 heterocycles. The number of nitrogens with one attached hydrogen (secondary N) is 1. The second-order valence-corrected chi connectivity index (χ2v) is 4.78. The summed E-state index contributed by atoms with van der Waals surface area (Å²) in [6, 6.07) is 2.29. The van der Waals surface area contributed by atoms with Crippen LogP contribution in [-0.4, -0.2) is 43.2 Å². The fourth-order valence-corrected chi connectivity index (χ4v) is 2.04. The van der Waals surface area contributed by atoms with Gasteiger partial charge in [-0.05, 0) is 18.9 Å². The Bertz CT molecular complexity index is 440. The van der Waals surface area contributed by atoms with Crippen molar-refractivity contribution in [3.63, 3.8) is 0 Å². The largest absolute Gasteiger partial charge is 0.378 e. The number of carbonyl (C=O) groups excluding carboxylic acids is 1. The summed E-state index contributed by atoms with van der Waals surface area (Å²) in [5.41, 5.74) is 1.65. The third kappa shape index (κ3) is 2.61. The van der Waals surface area contributed by atoms with E-state index in [4.69, 9.17) is 4.74 Å². The van der Waals surface area contributed by atoms with E-state index in [2.05, 4.69) is 15.2 Å². The fourth-order valence-electron chi connectivity index (χ4n) is 2.04. The standard InChI is InChI=1S/C13H17N3O2/c17-13(15-11-1-2-11)10-7-12(9-14-8-10)16-3-5-18-6-4-16/h7-9,11H,1-6H2,(H,15,17). The smallest absolute Gasteiger partial charge is 0.253 e. The van der Waals surface area contributed by atoms with Crippen molar-refractivity contribution in [2.75, 3.05) is 31.2 Å². The number of carbonyl (C=O) groups is 1. The molecule has 5 heteroatoms. The van der Waals surface area contributed by atoms with Gasteiger partial charge < -0.3 is 15.0 Å². The quantitative estimate of drug-likeness (QED) is 0.859. The third-order valence-electron chi connectivity index (χ3n) is 3.27. The van der Waals surface area contributed by atoms with E-state index in [0.29, 0.717) is 11.6 Å². The number of amides is 1. The van der Waals surface area contributed by atoms with E-state index in [9.17, 15) is 4.79 Å². The first-order valence-corrected chi connectivity index (χ1v) is 6.41. The lowest BCUT2D eigenvalue weighted by atomic mass is 10.2. The summed E-state index contributed by atoms with van der Waals surface area (Å²) in [6.45, 7) is 3.18. The van der Waals surface area contributed by atoms with Crippen LogP contribution in [-0.2, 0) is 4.74 Å². The van der Waals surface area contributed by atoms with Gasteiger partial charge in [0.25, 0.3) is 5.91 Å². The Labute approximate surface area is 106 Å². The van der Waals surface area contributed by atoms with Crippen molar-refractivity contribution in [1.82, 2.24) is 10.3 Å². The third-order valence-corrected chi connectivity index (χ3v) is 3.27. The minimum absolute atomic E-state index is 0.0138. The Balaban J connectivity index is 1.72. The van der Waals surface area contributed by atoms with E-state index in [1.165, 1.54) is 0 Å². The van der Waals surface area contributed by atoms with E-state index in [-0.39, 0.29) is 5.91 Å². The molecule has 0 atom stereocenters. The monoisotopic (exact) mass is 247 g/mol. The highest BCUT2D eigenvalue weighted by Gasteiger charge is 2.24. The van der Waals surface area contributed by atoms with Crippen LogP contribution in [0.1, 0.15) is 23.2 Å². The minimum atomic E-state index is -0.0138. The molecule has 3 rings (SSSR count). The zero-order valence-electron chi connectivity index (χ0n) is 10.3. The molecule has 2 aliphatic rings. The Morgan fingerprint density at radius 3 is 2.83 bits per heavy atom. The summed E-state index contributed by atoms with van der Waals surface area (Å²) >= 11 is 0. The van der Waals surface area contributed by atoms with Crippen LogP contribution in [0.2, 0.25) is 0 Å². The molecule has 1 amide bonds. The zero-order chi connectivity index (χ0) is 12.4. The number of rotatable bonds is 3. The van der Waals surface area contributed by atoms with Gasteiger partial charge in [-0.15, -0.1) is 0 Å². The molecule has 0 radical (unpaired) electrons. The van der Waals surface area contributed by atoms with Crippen LogP contribution in [0, 0.1) is 0 Å². The van der Waals surface area contributed by atoms with Crippen molar-refractivity contribution in [3.8, 4) is 0 Å². The Kier molecular flexibility index (Phi) is 3.15. The summed E-state index contributed by atoms with van der Waals surface area (Å²) in [7, 11) is 0. The van der Waals surface area contributed by atoms with Crippen molar-refractivity contribution in [2.24, 2.45) is 0 Å². The molecule has 1 saturated heterocycles. The highest BCUT2D eigenvalue weighted by atomic mass is 16.5. The molecule has 0 aromatic carbocycles. The molecule has 0 spiro atoms. The van der Waals surface area contributed by atoms with Crippen molar-refractivity contribution in [2.45, 2.75) is 18.9 Å². The Hall–Kier alpha value is -1.62. The SMILES string of the molecule is O=C(NC1CC1)c1cncc(N2CCOCC2)c1. The molecule has 1 aromatic rings. The first kappa shape index (κ1) is 11.5. The summed E-state index contributed by atoms with van der Waals surface area (Å²) in [6.07, 6.45) is 5.63. The molecule has 1 aliphatic heterocycles. The van der Waals surface area contributed by atoms with Gasteiger partial charge in [0.2, 0.25) is 0 Å². The van der Waals surface area contributed by atoms with Gasteiger partial charge >= 0.3 is 0 Å². The van der Waals surface area contributed by atoms with Gasteiger partial charge in [0.1, 0.15) is 0 Å². The average Bonchev–Trinajstić information content (AvgIpc) is 3.24. The van der Waals surface area contributed by atoms with Crippen LogP contribution < -0.4 is 10.2 Å². The topological polar surface area (TPSA) is 54.5 Å². The van der Waals surface area contributed by atoms with E-state index < -0.39 is 0 Å². The number of nitrogens with zero attached hydrogens (tertiary/aromatic N) is 2. The maximum absolute atomic E-state index is 11.9. The number of aromatic nitrogens is 1. The molecule has 1 aromatic heterocycles. The predicted octanol–water partition coefficient (Wildman–Crippen LogP) is 0.810. The summed E-state index contributed by atoms with van der Waals surface area (Å²) in [4.78, 5) is 18.3. The molecule has 0 bridgehead atoms. The van der Waals surface area contributed by atoms with Crippen molar-refractivity contribution in [1.29, 1.82) is 0 Å². The van der Waals surface area contributed by atoms with Gasteiger partial charge in [-0.25, -0.2) is 0 Å². The predicted molar refractivity (Wildman–Crippen MR) is 67.8 cm³/mol. The number of hydrogen-bond acceptors (Lipinski definition) is 4. The van der Waals surface area contributed by atoms with Gasteiger partial charge in [0, 0.05) is 25.3 Å². The van der Waals surface area contributed by atoms with E-state index in [1.54, 1.807) is 12.4 Å². The molecule has 5 nitrogen and oxygen atoms in total. The zero-order valence-corrected chi connectivity index (χ0v) is 10.3. The lowest BCUT2D eigenvalue weighted by molar-refractivity contribution is 0.0950. The molecule has 1 aliphatic carbocycles. The van der Waals surface area contributed by atoms with Crippen LogP contribution in [0.4, 0.5) is 5.69 Å². The maximum Gasteiger partial charge on any atom is 0.253 e. The number of hydrogen-bond donors (Lipinski definition) is 1. The molecule has 1 N–H and O–H groups in total. The van der Waals surface area contributed by atoms with E-state index in [1.807, 2.05) is 6.07 Å². The number of anilines is 1. The van der Waals surface area contributed by atoms with Crippen LogP contribution in [0.5, 0.6) is 0 Å². The van der Waals surface area contributed by atoms with Crippen LogP contribution in [0.15, 0.2) is 18.5 Å². The lowest BCUT2D eigenvalue weighted by Crippen LogP contribution is -2.36. The average molecular weight is 247 g/mol. The Morgan fingerprint density at radius 1 is 1.33 bits per heavy atom. The minimum Gasteiger partial charge on any atom is -0.378 e. The van der Waals surface area contributed by atoms with E-state index in [0.717, 1.165) is 44.8 Å². The van der Waals surface area contributed by atoms with Crippen molar-refractivity contribution in [3.05, 3.63) is 24.0 Å². The number of ether oxygens (including phenoxy) is 1. The summed E-state index contributed by atoms with van der Waals surface area (Å²) in [5, 5.41) is 2.98. The second-order valence-electron chi connectivity index (χ2n) is 4.78. The van der Waals surface area contributed by atoms with Gasteiger partial charge in [-0.1, -0.05) is 0 Å². The molecule has 2 fully saturated rings. The van der Waals surface area contributed by atoms with Crippen LogP contribution >= 0.6 is 0 Å². The number of morpholine rings is 1. The Morgan fingerprint density at radius 2 is 2.11 bits per heavy atom. The van der Waals surface area contributed by atoms with Gasteiger partial charge in [0.15, 0.2) is 0 Å².